The van der Waals surface area contributed by atoms with E-state index in [2.05, 4.69) is 45.9 Å². The third-order valence-corrected chi connectivity index (χ3v) is 6.89. The Bertz CT molecular complexity index is 1100. The van der Waals surface area contributed by atoms with Crippen molar-refractivity contribution in [3.8, 4) is 0 Å². The Morgan fingerprint density at radius 2 is 1.91 bits per heavy atom. The van der Waals surface area contributed by atoms with Gasteiger partial charge in [0.25, 0.3) is 5.91 Å². The second-order valence-electron chi connectivity index (χ2n) is 8.56. The molecule has 2 aliphatic rings. The van der Waals surface area contributed by atoms with Crippen LogP contribution in [0, 0.1) is 0 Å². The molecule has 1 saturated heterocycles. The highest BCUT2D eigenvalue weighted by molar-refractivity contribution is 9.10. The predicted octanol–water partition coefficient (Wildman–Crippen LogP) is 4.80. The minimum atomic E-state index is -0.145. The lowest BCUT2D eigenvalue weighted by molar-refractivity contribution is 0.102. The number of benzene rings is 1. The number of carbonyl (C=O) groups is 1. The second kappa shape index (κ2) is 9.40. The zero-order chi connectivity index (χ0) is 21.9. The second-order valence-corrected chi connectivity index (χ2v) is 9.47. The lowest BCUT2D eigenvalue weighted by Gasteiger charge is -2.34. The summed E-state index contributed by atoms with van der Waals surface area (Å²) < 4.78 is 3.32. The van der Waals surface area contributed by atoms with Crippen molar-refractivity contribution in [2.75, 3.05) is 23.3 Å². The van der Waals surface area contributed by atoms with E-state index in [-0.39, 0.29) is 5.91 Å². The van der Waals surface area contributed by atoms with E-state index in [9.17, 15) is 4.79 Å². The van der Waals surface area contributed by atoms with Gasteiger partial charge in [0.05, 0.1) is 5.56 Å². The van der Waals surface area contributed by atoms with Gasteiger partial charge in [0.1, 0.15) is 17.5 Å². The molecule has 0 spiro atoms. The lowest BCUT2D eigenvalue weighted by Crippen LogP contribution is -2.37. The number of hydrogen-bond acceptors (Lipinski definition) is 5. The van der Waals surface area contributed by atoms with Gasteiger partial charge >= 0.3 is 0 Å². The quantitative estimate of drug-likeness (QED) is 0.563. The first-order chi connectivity index (χ1) is 15.7. The summed E-state index contributed by atoms with van der Waals surface area (Å²) in [4.78, 5) is 19.9. The number of aromatic nitrogens is 4. The highest BCUT2D eigenvalue weighted by Gasteiger charge is 2.29. The molecule has 1 aromatic carbocycles. The normalized spacial score (nSPS) is 18.7. The monoisotopic (exact) mass is 494 g/mol. The Kier molecular flexibility index (Phi) is 6.21. The van der Waals surface area contributed by atoms with Crippen molar-refractivity contribution < 1.29 is 4.79 Å². The van der Waals surface area contributed by atoms with Crippen molar-refractivity contribution in [2.24, 2.45) is 0 Å². The molecule has 166 valence electrons. The van der Waals surface area contributed by atoms with Gasteiger partial charge in [-0.25, -0.2) is 4.98 Å². The maximum absolute atomic E-state index is 13.1. The van der Waals surface area contributed by atoms with Crippen LogP contribution in [0.25, 0.3) is 0 Å². The maximum Gasteiger partial charge on any atom is 0.259 e. The molecule has 2 aromatic heterocycles. The van der Waals surface area contributed by atoms with Gasteiger partial charge < -0.3 is 14.8 Å². The average Bonchev–Trinajstić information content (AvgIpc) is 3.09. The molecule has 7 nitrogen and oxygen atoms in total. The fourth-order valence-corrected chi connectivity index (χ4v) is 5.01. The first-order valence-corrected chi connectivity index (χ1v) is 12.2. The van der Waals surface area contributed by atoms with Crippen molar-refractivity contribution >= 4 is 33.3 Å². The summed E-state index contributed by atoms with van der Waals surface area (Å²) in [6.07, 6.45) is 8.54. The third kappa shape index (κ3) is 4.41. The minimum absolute atomic E-state index is 0.145. The van der Waals surface area contributed by atoms with E-state index in [4.69, 9.17) is 0 Å². The molecule has 1 amide bonds. The Morgan fingerprint density at radius 1 is 1.03 bits per heavy atom. The molecule has 0 saturated carbocycles. The summed E-state index contributed by atoms with van der Waals surface area (Å²) in [6, 6.07) is 11.3. The number of halogens is 1. The number of aryl methyl sites for hydroxylation is 1. The van der Waals surface area contributed by atoms with Crippen LogP contribution in [0.15, 0.2) is 47.1 Å². The van der Waals surface area contributed by atoms with E-state index in [1.165, 1.54) is 19.3 Å². The number of fused-ring (bicyclic) bond motifs is 1. The van der Waals surface area contributed by atoms with Crippen LogP contribution in [0.2, 0.25) is 0 Å². The molecule has 1 atom stereocenters. The largest absolute Gasteiger partial charge is 0.355 e. The first-order valence-electron chi connectivity index (χ1n) is 11.4. The summed E-state index contributed by atoms with van der Waals surface area (Å²) in [5.41, 5.74) is 1.35. The molecule has 8 heteroatoms. The topological polar surface area (TPSA) is 75.9 Å². The Hall–Kier alpha value is -2.74. The maximum atomic E-state index is 13.1. The van der Waals surface area contributed by atoms with Gasteiger partial charge in [0, 0.05) is 48.3 Å². The van der Waals surface area contributed by atoms with Crippen LogP contribution in [0.5, 0.6) is 0 Å². The van der Waals surface area contributed by atoms with Gasteiger partial charge in [-0.3, -0.25) is 4.79 Å². The number of anilines is 2. The molecule has 0 bridgehead atoms. The summed E-state index contributed by atoms with van der Waals surface area (Å²) in [7, 11) is 0. The SMILES string of the molecule is O=C(Nc1ccc(Br)cc1)c1cccnc1N1CCC[C@@H](c2nnc3n2CCCCC3)C1. The number of nitrogens with one attached hydrogen (secondary N) is 1. The van der Waals surface area contributed by atoms with Crippen LogP contribution in [-0.2, 0) is 13.0 Å². The van der Waals surface area contributed by atoms with E-state index >= 15 is 0 Å². The molecule has 32 heavy (non-hydrogen) atoms. The van der Waals surface area contributed by atoms with Gasteiger partial charge in [-0.1, -0.05) is 22.4 Å². The number of piperidine rings is 1. The van der Waals surface area contributed by atoms with E-state index < -0.39 is 0 Å². The number of rotatable bonds is 4. The molecule has 3 aromatic rings. The summed E-state index contributed by atoms with van der Waals surface area (Å²) in [6.45, 7) is 2.69. The van der Waals surface area contributed by atoms with Crippen LogP contribution in [0.1, 0.15) is 60.0 Å². The van der Waals surface area contributed by atoms with Crippen LogP contribution in [0.4, 0.5) is 11.5 Å². The van der Waals surface area contributed by atoms with Crippen molar-refractivity contribution in [3.05, 3.63) is 64.3 Å². The first kappa shape index (κ1) is 21.1. The molecule has 0 radical (unpaired) electrons. The van der Waals surface area contributed by atoms with E-state index in [0.29, 0.717) is 11.5 Å². The molecule has 4 heterocycles. The molecule has 0 aliphatic carbocycles. The zero-order valence-corrected chi connectivity index (χ0v) is 19.6. The lowest BCUT2D eigenvalue weighted by atomic mass is 9.96. The number of nitrogens with zero attached hydrogens (tertiary/aromatic N) is 5. The van der Waals surface area contributed by atoms with Gasteiger partial charge in [0.15, 0.2) is 0 Å². The molecular weight excluding hydrogens is 468 g/mol. The molecular formula is C24H27BrN6O. The molecule has 1 fully saturated rings. The molecule has 5 rings (SSSR count). The highest BCUT2D eigenvalue weighted by atomic mass is 79.9. The van der Waals surface area contributed by atoms with Crippen LogP contribution >= 0.6 is 15.9 Å². The van der Waals surface area contributed by atoms with Crippen molar-refractivity contribution in [2.45, 2.75) is 51.0 Å². The summed E-state index contributed by atoms with van der Waals surface area (Å²) in [5.74, 6) is 3.12. The van der Waals surface area contributed by atoms with E-state index in [1.54, 1.807) is 6.20 Å². The third-order valence-electron chi connectivity index (χ3n) is 6.36. The number of carbonyl (C=O) groups excluding carboxylic acids is 1. The fraction of sp³-hybridized carbons (Fsp3) is 0.417. The van der Waals surface area contributed by atoms with E-state index in [1.807, 2.05) is 36.4 Å². The van der Waals surface area contributed by atoms with Crippen LogP contribution < -0.4 is 10.2 Å². The highest BCUT2D eigenvalue weighted by Crippen LogP contribution is 2.31. The van der Waals surface area contributed by atoms with Crippen LogP contribution in [0.3, 0.4) is 0 Å². The van der Waals surface area contributed by atoms with Crippen LogP contribution in [-0.4, -0.2) is 38.7 Å². The van der Waals surface area contributed by atoms with Crippen molar-refractivity contribution in [1.29, 1.82) is 0 Å². The van der Waals surface area contributed by atoms with Gasteiger partial charge in [-0.15, -0.1) is 10.2 Å². The smallest absolute Gasteiger partial charge is 0.259 e. The van der Waals surface area contributed by atoms with Gasteiger partial charge in [0.2, 0.25) is 0 Å². The summed E-state index contributed by atoms with van der Waals surface area (Å²) >= 11 is 3.43. The standard InChI is InChI=1S/C24H27BrN6O/c25-18-9-11-19(12-10-18)27-24(32)20-7-4-13-26-23(20)30-14-5-6-17(16-30)22-29-28-21-8-2-1-3-15-31(21)22/h4,7,9-13,17H,1-3,5-6,8,14-16H2,(H,27,32)/t17-/m1/s1. The number of pyridine rings is 1. The fourth-order valence-electron chi connectivity index (χ4n) is 4.75. The Balaban J connectivity index is 1.37. The van der Waals surface area contributed by atoms with Gasteiger partial charge in [-0.05, 0) is 62.1 Å². The van der Waals surface area contributed by atoms with E-state index in [0.717, 1.165) is 66.5 Å². The molecule has 0 unspecified atom stereocenters. The molecule has 1 N–H and O–H groups in total. The van der Waals surface area contributed by atoms with Crippen molar-refractivity contribution in [3.63, 3.8) is 0 Å². The predicted molar refractivity (Wildman–Crippen MR) is 128 cm³/mol. The van der Waals surface area contributed by atoms with Gasteiger partial charge in [-0.2, -0.15) is 0 Å². The number of hydrogen-bond donors (Lipinski definition) is 1. The average molecular weight is 495 g/mol. The summed E-state index contributed by atoms with van der Waals surface area (Å²) in [5, 5.41) is 12.1. The minimum Gasteiger partial charge on any atom is -0.355 e. The Morgan fingerprint density at radius 3 is 2.78 bits per heavy atom. The Labute approximate surface area is 196 Å². The zero-order valence-electron chi connectivity index (χ0n) is 18.0. The number of amides is 1. The molecule has 2 aliphatic heterocycles. The van der Waals surface area contributed by atoms with Crippen molar-refractivity contribution in [1.82, 2.24) is 19.7 Å².